The molecule has 0 saturated heterocycles. The summed E-state index contributed by atoms with van der Waals surface area (Å²) in [7, 11) is 2.68. The Labute approximate surface area is 152 Å². The molecule has 0 atom stereocenters. The van der Waals surface area contributed by atoms with Crippen molar-refractivity contribution in [3.8, 4) is 0 Å². The van der Waals surface area contributed by atoms with Crippen molar-refractivity contribution in [2.24, 2.45) is 0 Å². The number of pyridine rings is 1. The van der Waals surface area contributed by atoms with Crippen molar-refractivity contribution >= 4 is 19.7 Å². The van der Waals surface area contributed by atoms with Crippen LogP contribution in [0.4, 0.5) is 0 Å². The molecule has 1 aromatic heterocycles. The Bertz CT molecular complexity index is 618. The molecule has 0 bridgehead atoms. The van der Waals surface area contributed by atoms with E-state index < -0.39 is 8.80 Å². The first-order valence-corrected chi connectivity index (χ1v) is 11.2. The van der Waals surface area contributed by atoms with Gasteiger partial charge >= 0.3 is 8.80 Å². The van der Waals surface area contributed by atoms with Crippen molar-refractivity contribution in [2.75, 3.05) is 21.3 Å². The summed E-state index contributed by atoms with van der Waals surface area (Å²) in [6.07, 6.45) is 10.4. The van der Waals surface area contributed by atoms with E-state index in [2.05, 4.69) is 29.2 Å². The van der Waals surface area contributed by atoms with E-state index in [4.69, 9.17) is 13.3 Å². The van der Waals surface area contributed by atoms with Crippen LogP contribution in [0.2, 0.25) is 6.04 Å². The maximum atomic E-state index is 5.45. The minimum absolute atomic E-state index is 0.902. The summed E-state index contributed by atoms with van der Waals surface area (Å²) in [5.41, 5.74) is 2.52. The number of nitrogens with zero attached hydrogens (tertiary/aromatic N) is 1. The van der Waals surface area contributed by atoms with Gasteiger partial charge in [-0.1, -0.05) is 43.9 Å². The molecule has 4 nitrogen and oxygen atoms in total. The van der Waals surface area contributed by atoms with Gasteiger partial charge in [-0.25, -0.2) is 0 Å². The van der Waals surface area contributed by atoms with Gasteiger partial charge in [-0.15, -0.1) is 0 Å². The molecule has 2 aromatic rings. The molecule has 0 unspecified atom stereocenters. The number of benzene rings is 1. The highest BCUT2D eigenvalue weighted by molar-refractivity contribution is 6.60. The average molecular weight is 362 g/mol. The number of aromatic nitrogens is 1. The number of hydrogen-bond donors (Lipinski definition) is 0. The number of rotatable bonds is 12. The summed E-state index contributed by atoms with van der Waals surface area (Å²) in [6.45, 7) is 0. The Morgan fingerprint density at radius 3 is 2.16 bits per heavy atom. The summed E-state index contributed by atoms with van der Waals surface area (Å²) in [5.74, 6) is 0. The van der Waals surface area contributed by atoms with Crippen LogP contribution in [0.5, 0.6) is 0 Å². The molecule has 0 spiro atoms. The molecule has 0 N–H and O–H groups in total. The maximum absolute atomic E-state index is 5.45. The van der Waals surface area contributed by atoms with E-state index in [1.807, 2.05) is 12.3 Å². The SMILES string of the molecule is CO[Si](CCCCCCCCc1ccnc2ccccc12)(OC)OC. The van der Waals surface area contributed by atoms with Crippen molar-refractivity contribution in [1.82, 2.24) is 4.98 Å². The van der Waals surface area contributed by atoms with Gasteiger partial charge in [-0.3, -0.25) is 4.98 Å². The normalized spacial score (nSPS) is 12.0. The molecular weight excluding hydrogens is 330 g/mol. The molecule has 0 aliphatic rings. The van der Waals surface area contributed by atoms with Crippen LogP contribution in [0.15, 0.2) is 36.5 Å². The summed E-state index contributed by atoms with van der Waals surface area (Å²) < 4.78 is 16.4. The molecule has 0 amide bonds. The average Bonchev–Trinajstić information content (AvgIpc) is 2.67. The van der Waals surface area contributed by atoms with Crippen LogP contribution >= 0.6 is 0 Å². The number of unbranched alkanes of at least 4 members (excludes halogenated alkanes) is 5. The highest BCUT2D eigenvalue weighted by Gasteiger charge is 2.36. The fraction of sp³-hybridized carbons (Fsp3) is 0.550. The van der Waals surface area contributed by atoms with E-state index in [0.717, 1.165) is 24.4 Å². The number of hydrogen-bond acceptors (Lipinski definition) is 4. The smallest absolute Gasteiger partial charge is 0.377 e. The quantitative estimate of drug-likeness (QED) is 0.394. The van der Waals surface area contributed by atoms with E-state index in [1.54, 1.807) is 21.3 Å². The third kappa shape index (κ3) is 5.89. The molecule has 2 rings (SSSR count). The molecule has 5 heteroatoms. The molecule has 0 saturated carbocycles. The highest BCUT2D eigenvalue weighted by Crippen LogP contribution is 2.20. The van der Waals surface area contributed by atoms with Crippen molar-refractivity contribution in [3.63, 3.8) is 0 Å². The van der Waals surface area contributed by atoms with Crippen LogP contribution in [-0.2, 0) is 19.7 Å². The monoisotopic (exact) mass is 361 g/mol. The topological polar surface area (TPSA) is 40.6 Å². The Morgan fingerprint density at radius 1 is 0.800 bits per heavy atom. The third-order valence-corrected chi connectivity index (χ3v) is 7.68. The minimum Gasteiger partial charge on any atom is -0.377 e. The maximum Gasteiger partial charge on any atom is 0.500 e. The largest absolute Gasteiger partial charge is 0.500 e. The highest BCUT2D eigenvalue weighted by atomic mass is 28.4. The van der Waals surface area contributed by atoms with Gasteiger partial charge in [0.1, 0.15) is 0 Å². The summed E-state index contributed by atoms with van der Waals surface area (Å²) in [6, 6.07) is 11.5. The Balaban J connectivity index is 1.62. The van der Waals surface area contributed by atoms with E-state index in [1.165, 1.54) is 43.1 Å². The lowest BCUT2D eigenvalue weighted by Gasteiger charge is -2.24. The fourth-order valence-corrected chi connectivity index (χ4v) is 5.09. The summed E-state index contributed by atoms with van der Waals surface area (Å²) in [4.78, 5) is 4.43. The molecule has 0 aliphatic heterocycles. The lowest BCUT2D eigenvalue weighted by Crippen LogP contribution is -2.42. The first kappa shape index (κ1) is 20.0. The Kier molecular flexibility index (Phi) is 8.55. The van der Waals surface area contributed by atoms with Gasteiger partial charge in [0.25, 0.3) is 0 Å². The van der Waals surface area contributed by atoms with Gasteiger partial charge in [0, 0.05) is 39.0 Å². The van der Waals surface area contributed by atoms with Crippen molar-refractivity contribution < 1.29 is 13.3 Å². The van der Waals surface area contributed by atoms with Gasteiger partial charge in [-0.2, -0.15) is 0 Å². The van der Waals surface area contributed by atoms with Crippen LogP contribution in [0, 0.1) is 0 Å². The van der Waals surface area contributed by atoms with E-state index in [-0.39, 0.29) is 0 Å². The number of para-hydroxylation sites is 1. The summed E-state index contributed by atoms with van der Waals surface area (Å²) in [5, 5.41) is 1.30. The van der Waals surface area contributed by atoms with Gasteiger partial charge < -0.3 is 13.3 Å². The molecule has 1 aromatic carbocycles. The van der Waals surface area contributed by atoms with Crippen LogP contribution in [-0.4, -0.2) is 35.1 Å². The Hall–Kier alpha value is -1.27. The predicted octanol–water partition coefficient (Wildman–Crippen LogP) is 5.00. The second-order valence-electron chi connectivity index (χ2n) is 6.40. The number of aryl methyl sites for hydroxylation is 1. The van der Waals surface area contributed by atoms with Gasteiger partial charge in [0.05, 0.1) is 5.52 Å². The third-order valence-electron chi connectivity index (χ3n) is 4.85. The fourth-order valence-electron chi connectivity index (χ4n) is 3.29. The first-order chi connectivity index (χ1) is 12.2. The number of fused-ring (bicyclic) bond motifs is 1. The zero-order chi connectivity index (χ0) is 18.0. The predicted molar refractivity (Wildman–Crippen MR) is 105 cm³/mol. The van der Waals surface area contributed by atoms with Gasteiger partial charge in [0.15, 0.2) is 0 Å². The summed E-state index contributed by atoms with van der Waals surface area (Å²) >= 11 is 0. The second kappa shape index (κ2) is 10.7. The molecule has 138 valence electrons. The van der Waals surface area contributed by atoms with E-state index >= 15 is 0 Å². The molecule has 0 aliphatic carbocycles. The van der Waals surface area contributed by atoms with Crippen LogP contribution < -0.4 is 0 Å². The van der Waals surface area contributed by atoms with Crippen molar-refractivity contribution in [1.29, 1.82) is 0 Å². The van der Waals surface area contributed by atoms with Crippen LogP contribution in [0.1, 0.15) is 44.1 Å². The lowest BCUT2D eigenvalue weighted by atomic mass is 10.0. The van der Waals surface area contributed by atoms with Crippen molar-refractivity contribution in [3.05, 3.63) is 42.1 Å². The zero-order valence-corrected chi connectivity index (χ0v) is 16.8. The Morgan fingerprint density at radius 2 is 1.44 bits per heavy atom. The van der Waals surface area contributed by atoms with E-state index in [0.29, 0.717) is 0 Å². The second-order valence-corrected chi connectivity index (χ2v) is 9.49. The molecular formula is C20H31NO3Si. The van der Waals surface area contributed by atoms with Crippen LogP contribution in [0.3, 0.4) is 0 Å². The van der Waals surface area contributed by atoms with Gasteiger partial charge in [0.2, 0.25) is 0 Å². The zero-order valence-electron chi connectivity index (χ0n) is 15.8. The minimum atomic E-state index is -2.37. The molecule has 0 fully saturated rings. The molecule has 1 heterocycles. The van der Waals surface area contributed by atoms with Crippen molar-refractivity contribution in [2.45, 2.75) is 51.0 Å². The molecule has 25 heavy (non-hydrogen) atoms. The van der Waals surface area contributed by atoms with Gasteiger partial charge in [-0.05, 0) is 37.0 Å². The standard InChI is InChI=1S/C20H31NO3Si/c1-22-25(23-2,24-3)17-11-7-5-4-6-8-12-18-15-16-21-20-14-10-9-13-19(18)20/h9-10,13-16H,4-8,11-12,17H2,1-3H3. The van der Waals surface area contributed by atoms with E-state index in [9.17, 15) is 0 Å². The first-order valence-electron chi connectivity index (χ1n) is 9.23. The van der Waals surface area contributed by atoms with Crippen LogP contribution in [0.25, 0.3) is 10.9 Å². The molecule has 0 radical (unpaired) electrons. The lowest BCUT2D eigenvalue weighted by molar-refractivity contribution is 0.122.